The van der Waals surface area contributed by atoms with Gasteiger partial charge < -0.3 is 5.32 Å². The second-order valence-corrected chi connectivity index (χ2v) is 9.30. The molecular formula is C24H28ClN5OS. The molecule has 0 unspecified atom stereocenters. The van der Waals surface area contributed by atoms with Crippen LogP contribution in [-0.2, 0) is 17.8 Å². The van der Waals surface area contributed by atoms with Gasteiger partial charge in [-0.3, -0.25) is 14.3 Å². The smallest absolute Gasteiger partial charge is 0.230 e. The highest BCUT2D eigenvalue weighted by molar-refractivity contribution is 7.99. The first-order valence-electron chi connectivity index (χ1n) is 11.0. The first-order valence-corrected chi connectivity index (χ1v) is 12.4. The van der Waals surface area contributed by atoms with Crippen molar-refractivity contribution in [2.75, 3.05) is 25.4 Å². The van der Waals surface area contributed by atoms with E-state index in [4.69, 9.17) is 11.6 Å². The lowest BCUT2D eigenvalue weighted by Crippen LogP contribution is -2.30. The molecule has 168 valence electrons. The van der Waals surface area contributed by atoms with Gasteiger partial charge in [0.15, 0.2) is 11.0 Å². The summed E-state index contributed by atoms with van der Waals surface area (Å²) in [5, 5.41) is 13.4. The molecule has 3 aromatic rings. The van der Waals surface area contributed by atoms with Gasteiger partial charge in [-0.1, -0.05) is 60.1 Å². The molecule has 2 heterocycles. The van der Waals surface area contributed by atoms with Gasteiger partial charge in [-0.15, -0.1) is 10.2 Å². The second-order valence-electron chi connectivity index (χ2n) is 7.92. The number of piperidine rings is 1. The fourth-order valence-electron chi connectivity index (χ4n) is 3.83. The Morgan fingerprint density at radius 1 is 1.00 bits per heavy atom. The number of hydrogen-bond donors (Lipinski definition) is 1. The highest BCUT2D eigenvalue weighted by Gasteiger charge is 2.19. The summed E-state index contributed by atoms with van der Waals surface area (Å²) in [6.45, 7) is 3.56. The van der Waals surface area contributed by atoms with Gasteiger partial charge in [0.25, 0.3) is 0 Å². The fraction of sp³-hybridized carbons (Fsp3) is 0.375. The number of hydrogen-bond acceptors (Lipinski definition) is 5. The first-order chi connectivity index (χ1) is 15.7. The standard InChI is InChI=1S/C24H28ClN5OS/c25-20-11-9-19(10-12-20)13-14-26-23(31)18-32-24-28-27-22(17-29-15-5-2-6-16-29)30(24)21-7-3-1-4-8-21/h1,3-4,7-12H,2,5-6,13-18H2,(H,26,31). The highest BCUT2D eigenvalue weighted by Crippen LogP contribution is 2.23. The van der Waals surface area contributed by atoms with E-state index in [-0.39, 0.29) is 5.91 Å². The average Bonchev–Trinajstić information content (AvgIpc) is 3.22. The number of benzene rings is 2. The maximum Gasteiger partial charge on any atom is 0.230 e. The number of para-hydroxylation sites is 1. The number of thioether (sulfide) groups is 1. The van der Waals surface area contributed by atoms with E-state index in [1.165, 1.54) is 31.0 Å². The zero-order valence-corrected chi connectivity index (χ0v) is 19.6. The maximum atomic E-state index is 12.4. The zero-order chi connectivity index (χ0) is 22.2. The van der Waals surface area contributed by atoms with Crippen molar-refractivity contribution in [3.8, 4) is 5.69 Å². The SMILES string of the molecule is O=C(CSc1nnc(CN2CCCCC2)n1-c1ccccc1)NCCc1ccc(Cl)cc1. The molecule has 0 aliphatic carbocycles. The third-order valence-corrected chi connectivity index (χ3v) is 6.69. The van der Waals surface area contributed by atoms with Crippen LogP contribution in [0.5, 0.6) is 0 Å². The largest absolute Gasteiger partial charge is 0.355 e. The van der Waals surface area contributed by atoms with Crippen molar-refractivity contribution in [1.29, 1.82) is 0 Å². The Labute approximate surface area is 198 Å². The van der Waals surface area contributed by atoms with Crippen LogP contribution >= 0.6 is 23.4 Å². The van der Waals surface area contributed by atoms with Crippen molar-refractivity contribution in [2.24, 2.45) is 0 Å². The van der Waals surface area contributed by atoms with Crippen LogP contribution in [0.15, 0.2) is 59.8 Å². The number of nitrogens with zero attached hydrogens (tertiary/aromatic N) is 4. The summed E-state index contributed by atoms with van der Waals surface area (Å²) >= 11 is 7.34. The van der Waals surface area contributed by atoms with Gasteiger partial charge in [0.1, 0.15) is 0 Å². The summed E-state index contributed by atoms with van der Waals surface area (Å²) in [4.78, 5) is 14.8. The van der Waals surface area contributed by atoms with Crippen molar-refractivity contribution in [2.45, 2.75) is 37.4 Å². The van der Waals surface area contributed by atoms with Crippen LogP contribution in [0.1, 0.15) is 30.7 Å². The number of halogens is 1. The van der Waals surface area contributed by atoms with Crippen molar-refractivity contribution < 1.29 is 4.79 Å². The Kier molecular flexibility index (Phi) is 8.20. The number of nitrogens with one attached hydrogen (secondary N) is 1. The Balaban J connectivity index is 1.36. The van der Waals surface area contributed by atoms with Gasteiger partial charge in [0, 0.05) is 17.3 Å². The summed E-state index contributed by atoms with van der Waals surface area (Å²) in [5.74, 6) is 1.21. The van der Waals surface area contributed by atoms with E-state index < -0.39 is 0 Å². The Bertz CT molecular complexity index is 1000. The van der Waals surface area contributed by atoms with Crippen molar-refractivity contribution in [3.63, 3.8) is 0 Å². The van der Waals surface area contributed by atoms with Crippen LogP contribution in [0.4, 0.5) is 0 Å². The molecular weight excluding hydrogens is 442 g/mol. The lowest BCUT2D eigenvalue weighted by Gasteiger charge is -2.26. The van der Waals surface area contributed by atoms with E-state index in [2.05, 4.69) is 37.1 Å². The van der Waals surface area contributed by atoms with E-state index in [9.17, 15) is 4.79 Å². The predicted molar refractivity (Wildman–Crippen MR) is 129 cm³/mol. The van der Waals surface area contributed by atoms with Gasteiger partial charge in [-0.2, -0.15) is 0 Å². The van der Waals surface area contributed by atoms with Gasteiger partial charge in [-0.05, 0) is 62.2 Å². The number of aromatic nitrogens is 3. The monoisotopic (exact) mass is 469 g/mol. The molecule has 32 heavy (non-hydrogen) atoms. The van der Waals surface area contributed by atoms with E-state index >= 15 is 0 Å². The molecule has 0 radical (unpaired) electrons. The molecule has 4 rings (SSSR count). The van der Waals surface area contributed by atoms with Gasteiger partial charge in [-0.25, -0.2) is 0 Å². The number of amides is 1. The zero-order valence-electron chi connectivity index (χ0n) is 18.0. The van der Waals surface area contributed by atoms with Gasteiger partial charge in [0.2, 0.25) is 5.91 Å². The number of likely N-dealkylation sites (tertiary alicyclic amines) is 1. The molecule has 1 aromatic heterocycles. The summed E-state index contributed by atoms with van der Waals surface area (Å²) in [6.07, 6.45) is 4.54. The molecule has 6 nitrogen and oxygen atoms in total. The molecule has 0 bridgehead atoms. The molecule has 1 saturated heterocycles. The minimum absolute atomic E-state index is 0.0100. The Morgan fingerprint density at radius 3 is 2.50 bits per heavy atom. The van der Waals surface area contributed by atoms with Crippen LogP contribution in [-0.4, -0.2) is 51.0 Å². The molecule has 8 heteroatoms. The topological polar surface area (TPSA) is 63.1 Å². The lowest BCUT2D eigenvalue weighted by atomic mass is 10.1. The molecule has 1 amide bonds. The minimum atomic E-state index is -0.0100. The quantitative estimate of drug-likeness (QED) is 0.472. The third-order valence-electron chi connectivity index (χ3n) is 5.51. The fourth-order valence-corrected chi connectivity index (χ4v) is 4.76. The van der Waals surface area contributed by atoms with Crippen LogP contribution < -0.4 is 5.32 Å². The van der Waals surface area contributed by atoms with E-state index in [1.807, 2.05) is 42.5 Å². The van der Waals surface area contributed by atoms with Gasteiger partial charge in [0.05, 0.1) is 12.3 Å². The molecule has 0 atom stereocenters. The average molecular weight is 470 g/mol. The predicted octanol–water partition coefficient (Wildman–Crippen LogP) is 4.36. The first kappa shape index (κ1) is 22.8. The van der Waals surface area contributed by atoms with E-state index in [1.54, 1.807) is 0 Å². The summed E-state index contributed by atoms with van der Waals surface area (Å²) in [6, 6.07) is 17.8. The third kappa shape index (κ3) is 6.34. The van der Waals surface area contributed by atoms with Crippen molar-refractivity contribution in [1.82, 2.24) is 25.0 Å². The van der Waals surface area contributed by atoms with E-state index in [0.717, 1.165) is 53.3 Å². The Hall–Kier alpha value is -2.35. The molecule has 1 aliphatic heterocycles. The second kappa shape index (κ2) is 11.5. The minimum Gasteiger partial charge on any atom is -0.355 e. The number of rotatable bonds is 9. The number of carbonyl (C=O) groups is 1. The molecule has 0 saturated carbocycles. The van der Waals surface area contributed by atoms with Crippen LogP contribution in [0.25, 0.3) is 5.69 Å². The molecule has 2 aromatic carbocycles. The maximum absolute atomic E-state index is 12.4. The van der Waals surface area contributed by atoms with Crippen LogP contribution in [0.3, 0.4) is 0 Å². The van der Waals surface area contributed by atoms with Crippen LogP contribution in [0.2, 0.25) is 5.02 Å². The van der Waals surface area contributed by atoms with Crippen LogP contribution in [0, 0.1) is 0 Å². The summed E-state index contributed by atoms with van der Waals surface area (Å²) in [5.41, 5.74) is 2.17. The summed E-state index contributed by atoms with van der Waals surface area (Å²) in [7, 11) is 0. The summed E-state index contributed by atoms with van der Waals surface area (Å²) < 4.78 is 2.08. The highest BCUT2D eigenvalue weighted by atomic mass is 35.5. The lowest BCUT2D eigenvalue weighted by molar-refractivity contribution is -0.118. The van der Waals surface area contributed by atoms with E-state index in [0.29, 0.717) is 12.3 Å². The van der Waals surface area contributed by atoms with Crippen molar-refractivity contribution in [3.05, 3.63) is 71.0 Å². The molecule has 1 aliphatic rings. The Morgan fingerprint density at radius 2 is 1.75 bits per heavy atom. The number of carbonyl (C=O) groups excluding carboxylic acids is 1. The van der Waals surface area contributed by atoms with Gasteiger partial charge >= 0.3 is 0 Å². The van der Waals surface area contributed by atoms with Crippen molar-refractivity contribution >= 4 is 29.3 Å². The molecule has 1 N–H and O–H groups in total. The molecule has 1 fully saturated rings. The normalized spacial score (nSPS) is 14.4. The molecule has 0 spiro atoms.